The Kier molecular flexibility index (Phi) is 5.42. The Bertz CT molecular complexity index is 608. The molecule has 6 nitrogen and oxygen atoms in total. The summed E-state index contributed by atoms with van der Waals surface area (Å²) in [5.74, 6) is -1.36. The fraction of sp³-hybridized carbons (Fsp3) is 0.500. The number of carbonyl (C=O) groups is 3. The summed E-state index contributed by atoms with van der Waals surface area (Å²) in [6.45, 7) is 3.11. The van der Waals surface area contributed by atoms with Gasteiger partial charge < -0.3 is 15.0 Å². The van der Waals surface area contributed by atoms with Crippen molar-refractivity contribution in [2.75, 3.05) is 31.4 Å². The molecule has 1 fully saturated rings. The number of hydrogen-bond donors (Lipinski definition) is 1. The number of hydrogen-bond acceptors (Lipinski definition) is 5. The van der Waals surface area contributed by atoms with E-state index >= 15 is 0 Å². The van der Waals surface area contributed by atoms with Gasteiger partial charge in [0.15, 0.2) is 0 Å². The SMILES string of the molecule is COC(=O)c1c(NC(=O)CCl)sc(C(=O)N2CCCC2)c1C. The second kappa shape index (κ2) is 7.11. The van der Waals surface area contributed by atoms with Gasteiger partial charge in [-0.1, -0.05) is 0 Å². The van der Waals surface area contributed by atoms with Crippen LogP contribution in [-0.2, 0) is 9.53 Å². The van der Waals surface area contributed by atoms with Gasteiger partial charge in [0.2, 0.25) is 5.91 Å². The number of nitrogens with one attached hydrogen (secondary N) is 1. The molecule has 2 heterocycles. The van der Waals surface area contributed by atoms with Crippen LogP contribution in [0.5, 0.6) is 0 Å². The van der Waals surface area contributed by atoms with Crippen LogP contribution in [0.15, 0.2) is 0 Å². The molecule has 0 saturated carbocycles. The van der Waals surface area contributed by atoms with Crippen LogP contribution in [0.25, 0.3) is 0 Å². The lowest BCUT2D eigenvalue weighted by Crippen LogP contribution is -2.27. The molecule has 0 radical (unpaired) electrons. The largest absolute Gasteiger partial charge is 0.465 e. The summed E-state index contributed by atoms with van der Waals surface area (Å²) in [6.07, 6.45) is 1.96. The number of thiophene rings is 1. The van der Waals surface area contributed by atoms with Gasteiger partial charge in [-0.05, 0) is 25.3 Å². The van der Waals surface area contributed by atoms with E-state index in [4.69, 9.17) is 16.3 Å². The van der Waals surface area contributed by atoms with Crippen molar-refractivity contribution in [3.8, 4) is 0 Å². The van der Waals surface area contributed by atoms with Crippen molar-refractivity contribution in [1.82, 2.24) is 4.90 Å². The van der Waals surface area contributed by atoms with Crippen LogP contribution in [-0.4, -0.2) is 48.8 Å². The molecule has 1 aliphatic heterocycles. The molecule has 22 heavy (non-hydrogen) atoms. The van der Waals surface area contributed by atoms with Crippen LogP contribution in [0.2, 0.25) is 0 Å². The maximum atomic E-state index is 12.5. The van der Waals surface area contributed by atoms with Crippen molar-refractivity contribution in [2.24, 2.45) is 0 Å². The monoisotopic (exact) mass is 344 g/mol. The first-order chi connectivity index (χ1) is 10.5. The Hall–Kier alpha value is -1.60. The molecule has 0 bridgehead atoms. The van der Waals surface area contributed by atoms with E-state index in [0.29, 0.717) is 28.5 Å². The minimum absolute atomic E-state index is 0.114. The number of methoxy groups -OCH3 is 1. The molecule has 1 aromatic rings. The second-order valence-electron chi connectivity index (χ2n) is 4.93. The van der Waals surface area contributed by atoms with Crippen LogP contribution >= 0.6 is 22.9 Å². The van der Waals surface area contributed by atoms with Crippen molar-refractivity contribution >= 4 is 45.7 Å². The number of esters is 1. The summed E-state index contributed by atoms with van der Waals surface area (Å²) in [5, 5.41) is 2.86. The number of halogens is 1. The highest BCUT2D eigenvalue weighted by atomic mass is 35.5. The molecule has 1 aromatic heterocycles. The predicted molar refractivity (Wildman–Crippen MR) is 84.9 cm³/mol. The zero-order valence-corrected chi connectivity index (χ0v) is 14.0. The van der Waals surface area contributed by atoms with E-state index in [1.165, 1.54) is 7.11 Å². The molecule has 0 atom stereocenters. The Morgan fingerprint density at radius 2 is 1.95 bits per heavy atom. The molecule has 1 N–H and O–H groups in total. The zero-order chi connectivity index (χ0) is 16.3. The summed E-state index contributed by atoms with van der Waals surface area (Å²) in [6, 6.07) is 0. The number of carbonyl (C=O) groups excluding carboxylic acids is 3. The zero-order valence-electron chi connectivity index (χ0n) is 12.4. The molecule has 2 amide bonds. The normalized spacial score (nSPS) is 14.0. The Morgan fingerprint density at radius 3 is 2.50 bits per heavy atom. The smallest absolute Gasteiger partial charge is 0.341 e. The van der Waals surface area contributed by atoms with Crippen LogP contribution in [0.3, 0.4) is 0 Å². The van der Waals surface area contributed by atoms with Gasteiger partial charge in [0.05, 0.1) is 17.6 Å². The van der Waals surface area contributed by atoms with Crippen LogP contribution in [0.1, 0.15) is 38.4 Å². The van der Waals surface area contributed by atoms with E-state index in [9.17, 15) is 14.4 Å². The summed E-state index contributed by atoms with van der Waals surface area (Å²) in [7, 11) is 1.26. The lowest BCUT2D eigenvalue weighted by atomic mass is 10.1. The number of amides is 2. The molecule has 8 heteroatoms. The molecule has 0 spiro atoms. The molecule has 0 aliphatic carbocycles. The predicted octanol–water partition coefficient (Wildman–Crippen LogP) is 2.26. The van der Waals surface area contributed by atoms with Crippen molar-refractivity contribution in [1.29, 1.82) is 0 Å². The highest BCUT2D eigenvalue weighted by Gasteiger charge is 2.29. The van der Waals surface area contributed by atoms with E-state index in [1.54, 1.807) is 11.8 Å². The average Bonchev–Trinajstić information content (AvgIpc) is 3.14. The van der Waals surface area contributed by atoms with Crippen LogP contribution in [0, 0.1) is 6.92 Å². The van der Waals surface area contributed by atoms with E-state index < -0.39 is 11.9 Å². The fourth-order valence-corrected chi connectivity index (χ4v) is 3.62. The minimum atomic E-state index is -0.584. The van der Waals surface area contributed by atoms with Crippen molar-refractivity contribution < 1.29 is 19.1 Å². The molecular weight excluding hydrogens is 328 g/mol. The number of nitrogens with zero attached hydrogens (tertiary/aromatic N) is 1. The third-order valence-corrected chi connectivity index (χ3v) is 4.94. The van der Waals surface area contributed by atoms with E-state index in [-0.39, 0.29) is 17.4 Å². The summed E-state index contributed by atoms with van der Waals surface area (Å²) >= 11 is 6.57. The van der Waals surface area contributed by atoms with Gasteiger partial charge in [0.25, 0.3) is 5.91 Å². The number of alkyl halides is 1. The van der Waals surface area contributed by atoms with Crippen molar-refractivity contribution in [2.45, 2.75) is 19.8 Å². The number of rotatable bonds is 4. The Labute approximate surface area is 137 Å². The standard InChI is InChI=1S/C14H17ClN2O4S/c1-8-10(14(20)21-2)12(16-9(18)7-15)22-11(8)13(19)17-5-3-4-6-17/h3-7H2,1-2H3,(H,16,18). The number of likely N-dealkylation sites (tertiary alicyclic amines) is 1. The molecular formula is C14H17ClN2O4S. The Balaban J connectivity index is 2.40. The summed E-state index contributed by atoms with van der Waals surface area (Å²) in [4.78, 5) is 38.2. The van der Waals surface area contributed by atoms with E-state index in [0.717, 1.165) is 24.2 Å². The molecule has 0 aromatic carbocycles. The van der Waals surface area contributed by atoms with Gasteiger partial charge in [0.1, 0.15) is 10.9 Å². The first kappa shape index (κ1) is 16.8. The van der Waals surface area contributed by atoms with Crippen LogP contribution < -0.4 is 5.32 Å². The quantitative estimate of drug-likeness (QED) is 0.671. The maximum absolute atomic E-state index is 12.5. The molecule has 1 aliphatic rings. The first-order valence-corrected chi connectivity index (χ1v) is 8.21. The van der Waals surface area contributed by atoms with Crippen molar-refractivity contribution in [3.05, 3.63) is 16.0 Å². The van der Waals surface area contributed by atoms with Gasteiger partial charge >= 0.3 is 5.97 Å². The highest BCUT2D eigenvalue weighted by molar-refractivity contribution is 7.18. The molecule has 120 valence electrons. The number of ether oxygens (including phenoxy) is 1. The van der Waals surface area contributed by atoms with Gasteiger partial charge in [-0.15, -0.1) is 22.9 Å². The van der Waals surface area contributed by atoms with Crippen LogP contribution in [0.4, 0.5) is 5.00 Å². The lowest BCUT2D eigenvalue weighted by Gasteiger charge is -2.14. The minimum Gasteiger partial charge on any atom is -0.465 e. The first-order valence-electron chi connectivity index (χ1n) is 6.86. The molecule has 2 rings (SSSR count). The average molecular weight is 345 g/mol. The summed E-state index contributed by atoms with van der Waals surface area (Å²) < 4.78 is 4.75. The van der Waals surface area contributed by atoms with Gasteiger partial charge in [0, 0.05) is 13.1 Å². The fourth-order valence-electron chi connectivity index (χ4n) is 2.38. The Morgan fingerprint density at radius 1 is 1.32 bits per heavy atom. The molecule has 1 saturated heterocycles. The molecule has 0 unspecified atom stereocenters. The topological polar surface area (TPSA) is 75.7 Å². The second-order valence-corrected chi connectivity index (χ2v) is 6.22. The van der Waals surface area contributed by atoms with E-state index in [2.05, 4.69) is 5.32 Å². The van der Waals surface area contributed by atoms with Gasteiger partial charge in [-0.3, -0.25) is 9.59 Å². The maximum Gasteiger partial charge on any atom is 0.341 e. The third kappa shape index (κ3) is 3.25. The van der Waals surface area contributed by atoms with E-state index in [1.807, 2.05) is 0 Å². The van der Waals surface area contributed by atoms with Gasteiger partial charge in [-0.25, -0.2) is 4.79 Å². The van der Waals surface area contributed by atoms with Crippen molar-refractivity contribution in [3.63, 3.8) is 0 Å². The summed E-state index contributed by atoms with van der Waals surface area (Å²) in [5.41, 5.74) is 0.743. The highest BCUT2D eigenvalue weighted by Crippen LogP contribution is 2.35. The number of anilines is 1. The van der Waals surface area contributed by atoms with Gasteiger partial charge in [-0.2, -0.15) is 0 Å². The third-order valence-electron chi connectivity index (χ3n) is 3.50. The lowest BCUT2D eigenvalue weighted by molar-refractivity contribution is -0.113.